The van der Waals surface area contributed by atoms with E-state index in [0.717, 1.165) is 0 Å². The maximum absolute atomic E-state index is 13.5. The molecule has 2 N–H and O–H groups in total. The Morgan fingerprint density at radius 3 is 2.82 bits per heavy atom. The fraction of sp³-hybridized carbons (Fsp3) is 0.417. The summed E-state index contributed by atoms with van der Waals surface area (Å²) < 4.78 is 18.4. The lowest BCUT2D eigenvalue weighted by Crippen LogP contribution is -2.38. The zero-order valence-electron chi connectivity index (χ0n) is 10.2. The number of carbonyl (C=O) groups is 1. The highest BCUT2D eigenvalue weighted by molar-refractivity contribution is 5.95. The van der Waals surface area contributed by atoms with E-state index >= 15 is 0 Å². The third-order valence-corrected chi connectivity index (χ3v) is 2.61. The normalized spacial score (nSPS) is 12.2. The second kappa shape index (κ2) is 5.63. The summed E-state index contributed by atoms with van der Waals surface area (Å²) in [4.78, 5) is 13.4. The van der Waals surface area contributed by atoms with Crippen LogP contribution in [-0.4, -0.2) is 37.6 Å². The molecular weight excluding hydrogens is 223 g/mol. The van der Waals surface area contributed by atoms with Gasteiger partial charge in [-0.05, 0) is 25.1 Å². The molecule has 0 radical (unpaired) electrons. The number of nitrogens with zero attached hydrogens (tertiary/aromatic N) is 1. The number of hydrogen-bond donors (Lipinski definition) is 1. The zero-order valence-corrected chi connectivity index (χ0v) is 10.2. The first-order valence-corrected chi connectivity index (χ1v) is 5.28. The fourth-order valence-corrected chi connectivity index (χ4v) is 1.45. The number of anilines is 1. The summed E-state index contributed by atoms with van der Waals surface area (Å²) in [5.41, 5.74) is 5.88. The monoisotopic (exact) mass is 240 g/mol. The molecule has 0 aliphatic heterocycles. The molecule has 0 saturated carbocycles. The van der Waals surface area contributed by atoms with Gasteiger partial charge in [-0.25, -0.2) is 4.39 Å². The first-order valence-electron chi connectivity index (χ1n) is 5.28. The van der Waals surface area contributed by atoms with Crippen molar-refractivity contribution in [2.75, 3.05) is 26.5 Å². The summed E-state index contributed by atoms with van der Waals surface area (Å²) in [5.74, 6) is -0.972. The molecule has 0 saturated heterocycles. The summed E-state index contributed by atoms with van der Waals surface area (Å²) in [6.07, 6.45) is 0. The molecule has 0 fully saturated rings. The quantitative estimate of drug-likeness (QED) is 0.812. The molecule has 1 atom stereocenters. The zero-order chi connectivity index (χ0) is 13.0. The number of nitrogen functional groups attached to an aromatic ring is 1. The van der Waals surface area contributed by atoms with Crippen molar-refractivity contribution in [3.8, 4) is 0 Å². The third-order valence-electron chi connectivity index (χ3n) is 2.61. The molecule has 94 valence electrons. The van der Waals surface area contributed by atoms with Crippen molar-refractivity contribution in [1.29, 1.82) is 0 Å². The smallest absolute Gasteiger partial charge is 0.256 e. The minimum absolute atomic E-state index is 0.0181. The molecule has 1 amide bonds. The first-order chi connectivity index (χ1) is 7.97. The molecule has 0 spiro atoms. The van der Waals surface area contributed by atoms with Crippen molar-refractivity contribution in [3.63, 3.8) is 0 Å². The van der Waals surface area contributed by atoms with Crippen LogP contribution in [0.25, 0.3) is 0 Å². The van der Waals surface area contributed by atoms with Crippen molar-refractivity contribution in [2.45, 2.75) is 13.0 Å². The SMILES string of the molecule is COCC(C)N(C)C(=O)c1cc(N)ccc1F. The van der Waals surface area contributed by atoms with E-state index < -0.39 is 11.7 Å². The van der Waals surface area contributed by atoms with Crippen molar-refractivity contribution < 1.29 is 13.9 Å². The number of amides is 1. The molecule has 0 aliphatic rings. The van der Waals surface area contributed by atoms with Gasteiger partial charge in [0.25, 0.3) is 5.91 Å². The van der Waals surface area contributed by atoms with E-state index in [9.17, 15) is 9.18 Å². The Morgan fingerprint density at radius 1 is 1.59 bits per heavy atom. The molecule has 17 heavy (non-hydrogen) atoms. The van der Waals surface area contributed by atoms with Crippen LogP contribution in [0.15, 0.2) is 18.2 Å². The summed E-state index contributed by atoms with van der Waals surface area (Å²) in [7, 11) is 3.16. The Bertz CT molecular complexity index is 409. The molecule has 0 aromatic heterocycles. The average molecular weight is 240 g/mol. The van der Waals surface area contributed by atoms with Gasteiger partial charge >= 0.3 is 0 Å². The minimum Gasteiger partial charge on any atom is -0.399 e. The number of ether oxygens (including phenoxy) is 1. The Labute approximate surface area is 100 Å². The maximum Gasteiger partial charge on any atom is 0.256 e. The van der Waals surface area contributed by atoms with E-state index in [-0.39, 0.29) is 11.6 Å². The second-order valence-electron chi connectivity index (χ2n) is 3.96. The number of nitrogens with two attached hydrogens (primary N) is 1. The van der Waals surface area contributed by atoms with Gasteiger partial charge in [-0.1, -0.05) is 0 Å². The average Bonchev–Trinajstić information content (AvgIpc) is 2.30. The minimum atomic E-state index is -0.569. The van der Waals surface area contributed by atoms with E-state index in [0.29, 0.717) is 12.3 Å². The van der Waals surface area contributed by atoms with E-state index in [1.165, 1.54) is 23.1 Å². The number of carbonyl (C=O) groups excluding carboxylic acids is 1. The Hall–Kier alpha value is -1.62. The second-order valence-corrected chi connectivity index (χ2v) is 3.96. The molecule has 4 nitrogen and oxygen atoms in total. The number of hydrogen-bond acceptors (Lipinski definition) is 3. The number of benzene rings is 1. The Balaban J connectivity index is 2.92. The molecule has 1 aromatic rings. The van der Waals surface area contributed by atoms with Gasteiger partial charge in [0.2, 0.25) is 0 Å². The highest BCUT2D eigenvalue weighted by atomic mass is 19.1. The van der Waals surface area contributed by atoms with E-state index in [2.05, 4.69) is 0 Å². The van der Waals surface area contributed by atoms with Gasteiger partial charge in [0.15, 0.2) is 0 Å². The highest BCUT2D eigenvalue weighted by Gasteiger charge is 2.20. The number of rotatable bonds is 4. The molecule has 0 aliphatic carbocycles. The van der Waals surface area contributed by atoms with Gasteiger partial charge in [-0.15, -0.1) is 0 Å². The molecule has 1 unspecified atom stereocenters. The lowest BCUT2D eigenvalue weighted by Gasteiger charge is -2.24. The summed E-state index contributed by atoms with van der Waals surface area (Å²) in [6, 6.07) is 3.82. The Morgan fingerprint density at radius 2 is 2.24 bits per heavy atom. The van der Waals surface area contributed by atoms with Gasteiger partial charge in [-0.2, -0.15) is 0 Å². The van der Waals surface area contributed by atoms with Gasteiger partial charge in [0.1, 0.15) is 5.82 Å². The summed E-state index contributed by atoms with van der Waals surface area (Å²) in [6.45, 7) is 2.22. The summed E-state index contributed by atoms with van der Waals surface area (Å²) in [5, 5.41) is 0. The standard InChI is InChI=1S/C12H17FN2O2/c1-8(7-17-3)15(2)12(16)10-6-9(14)4-5-11(10)13/h4-6,8H,7,14H2,1-3H3. The largest absolute Gasteiger partial charge is 0.399 e. The first kappa shape index (κ1) is 13.4. The fourth-order valence-electron chi connectivity index (χ4n) is 1.45. The number of halogens is 1. The van der Waals surface area contributed by atoms with Crippen LogP contribution in [0.1, 0.15) is 17.3 Å². The van der Waals surface area contributed by atoms with Gasteiger partial charge in [-0.3, -0.25) is 4.79 Å². The van der Waals surface area contributed by atoms with Crippen LogP contribution in [0.3, 0.4) is 0 Å². The maximum atomic E-state index is 13.5. The van der Waals surface area contributed by atoms with Crippen LogP contribution in [0.4, 0.5) is 10.1 Å². The van der Waals surface area contributed by atoms with Crippen molar-refractivity contribution >= 4 is 11.6 Å². The van der Waals surface area contributed by atoms with Crippen LogP contribution in [0.5, 0.6) is 0 Å². The predicted octanol–water partition coefficient (Wildman–Crippen LogP) is 1.51. The topological polar surface area (TPSA) is 55.6 Å². The van der Waals surface area contributed by atoms with Crippen molar-refractivity contribution in [2.24, 2.45) is 0 Å². The van der Waals surface area contributed by atoms with Gasteiger partial charge < -0.3 is 15.4 Å². The van der Waals surface area contributed by atoms with E-state index in [1.54, 1.807) is 14.2 Å². The molecular formula is C12H17FN2O2. The van der Waals surface area contributed by atoms with E-state index in [4.69, 9.17) is 10.5 Å². The number of methoxy groups -OCH3 is 1. The number of likely N-dealkylation sites (N-methyl/N-ethyl adjacent to an activating group) is 1. The molecule has 1 aromatic carbocycles. The molecule has 0 bridgehead atoms. The van der Waals surface area contributed by atoms with Crippen LogP contribution >= 0.6 is 0 Å². The van der Waals surface area contributed by atoms with Crippen LogP contribution < -0.4 is 5.73 Å². The van der Waals surface area contributed by atoms with Gasteiger partial charge in [0.05, 0.1) is 18.2 Å². The van der Waals surface area contributed by atoms with Crippen molar-refractivity contribution in [1.82, 2.24) is 4.90 Å². The van der Waals surface area contributed by atoms with Crippen LogP contribution in [0, 0.1) is 5.82 Å². The Kier molecular flexibility index (Phi) is 4.45. The van der Waals surface area contributed by atoms with Crippen LogP contribution in [0.2, 0.25) is 0 Å². The summed E-state index contributed by atoms with van der Waals surface area (Å²) >= 11 is 0. The van der Waals surface area contributed by atoms with Crippen LogP contribution in [-0.2, 0) is 4.74 Å². The van der Waals surface area contributed by atoms with Gasteiger partial charge in [0, 0.05) is 19.8 Å². The lowest BCUT2D eigenvalue weighted by atomic mass is 10.1. The highest BCUT2D eigenvalue weighted by Crippen LogP contribution is 2.15. The molecule has 0 heterocycles. The van der Waals surface area contributed by atoms with Crippen molar-refractivity contribution in [3.05, 3.63) is 29.6 Å². The molecule has 1 rings (SSSR count). The third kappa shape index (κ3) is 3.17. The lowest BCUT2D eigenvalue weighted by molar-refractivity contribution is 0.0629. The predicted molar refractivity (Wildman–Crippen MR) is 64.2 cm³/mol. The molecule has 5 heteroatoms. The van der Waals surface area contributed by atoms with E-state index in [1.807, 2.05) is 6.92 Å².